The Hall–Kier alpha value is -3.55. The first kappa shape index (κ1) is 21.7. The zero-order valence-electron chi connectivity index (χ0n) is 17.4. The molecule has 0 unspecified atom stereocenters. The summed E-state index contributed by atoms with van der Waals surface area (Å²) < 4.78 is 32.4. The molecule has 6 nitrogen and oxygen atoms in total. The van der Waals surface area contributed by atoms with E-state index in [0.29, 0.717) is 18.0 Å². The fraction of sp³-hybridized carbons (Fsp3) is 0.292. The molecular formula is C24H23F2N3O3. The summed E-state index contributed by atoms with van der Waals surface area (Å²) in [7, 11) is 0. The molecule has 0 aliphatic carbocycles. The molecule has 0 spiro atoms. The van der Waals surface area contributed by atoms with Gasteiger partial charge in [-0.15, -0.1) is 0 Å². The van der Waals surface area contributed by atoms with Crippen LogP contribution < -0.4 is 5.32 Å². The molecule has 1 saturated heterocycles. The van der Waals surface area contributed by atoms with Gasteiger partial charge in [0.2, 0.25) is 5.91 Å². The number of likely N-dealkylation sites (tertiary alicyclic amines) is 1. The molecule has 2 heterocycles. The minimum atomic E-state index is -0.737. The number of benzene rings is 2. The molecule has 166 valence electrons. The van der Waals surface area contributed by atoms with E-state index < -0.39 is 11.6 Å². The molecule has 1 aromatic heterocycles. The smallest absolute Gasteiger partial charge is 0.253 e. The number of oxazole rings is 1. The largest absolute Gasteiger partial charge is 0.441 e. The third-order valence-corrected chi connectivity index (χ3v) is 5.40. The Bertz CT molecular complexity index is 1110. The van der Waals surface area contributed by atoms with Crippen molar-refractivity contribution in [3.63, 3.8) is 0 Å². The van der Waals surface area contributed by atoms with Crippen LogP contribution in [0.25, 0.3) is 11.3 Å². The maximum atomic E-state index is 13.9. The Balaban J connectivity index is 1.25. The lowest BCUT2D eigenvalue weighted by atomic mass is 10.1. The zero-order chi connectivity index (χ0) is 22.5. The number of carbonyl (C=O) groups excluding carboxylic acids is 2. The quantitative estimate of drug-likeness (QED) is 0.601. The first-order chi connectivity index (χ1) is 15.5. The first-order valence-corrected chi connectivity index (χ1v) is 10.5. The van der Waals surface area contributed by atoms with Gasteiger partial charge in [-0.25, -0.2) is 13.8 Å². The highest BCUT2D eigenvalue weighted by Gasteiger charge is 2.19. The van der Waals surface area contributed by atoms with E-state index in [1.807, 2.05) is 17.0 Å². The van der Waals surface area contributed by atoms with Gasteiger partial charge in [0.05, 0.1) is 11.8 Å². The highest BCUT2D eigenvalue weighted by molar-refractivity contribution is 5.94. The molecule has 4 rings (SSSR count). The molecule has 1 fully saturated rings. The van der Waals surface area contributed by atoms with Crippen LogP contribution in [0.2, 0.25) is 0 Å². The second-order valence-corrected chi connectivity index (χ2v) is 7.72. The number of carbonyl (C=O) groups is 2. The molecule has 0 bridgehead atoms. The monoisotopic (exact) mass is 439 g/mol. The molecule has 0 atom stereocenters. The summed E-state index contributed by atoms with van der Waals surface area (Å²) in [6, 6.07) is 10.4. The maximum absolute atomic E-state index is 13.9. The van der Waals surface area contributed by atoms with Crippen molar-refractivity contribution in [3.8, 4) is 11.3 Å². The lowest BCUT2D eigenvalue weighted by Crippen LogP contribution is -2.27. The molecule has 2 amide bonds. The minimum Gasteiger partial charge on any atom is -0.441 e. The minimum absolute atomic E-state index is 0.0453. The Morgan fingerprint density at radius 2 is 1.81 bits per heavy atom. The number of rotatable bonds is 7. The van der Waals surface area contributed by atoms with Gasteiger partial charge in [-0.2, -0.15) is 0 Å². The van der Waals surface area contributed by atoms with Gasteiger partial charge in [-0.05, 0) is 42.7 Å². The molecule has 0 radical (unpaired) electrons. The van der Waals surface area contributed by atoms with Gasteiger partial charge >= 0.3 is 0 Å². The first-order valence-electron chi connectivity index (χ1n) is 10.5. The normalized spacial score (nSPS) is 13.4. The number of aromatic nitrogens is 1. The number of nitrogens with zero attached hydrogens (tertiary/aromatic N) is 2. The molecule has 32 heavy (non-hydrogen) atoms. The van der Waals surface area contributed by atoms with Gasteiger partial charge in [-0.3, -0.25) is 9.59 Å². The van der Waals surface area contributed by atoms with Crippen molar-refractivity contribution in [1.29, 1.82) is 0 Å². The molecular weight excluding hydrogens is 416 g/mol. The van der Waals surface area contributed by atoms with E-state index in [2.05, 4.69) is 10.3 Å². The molecule has 0 saturated carbocycles. The fourth-order valence-electron chi connectivity index (χ4n) is 3.62. The highest BCUT2D eigenvalue weighted by atomic mass is 19.1. The summed E-state index contributed by atoms with van der Waals surface area (Å²) in [5.41, 5.74) is 1.65. The van der Waals surface area contributed by atoms with Crippen molar-refractivity contribution < 1.29 is 22.8 Å². The molecule has 8 heteroatoms. The predicted octanol–water partition coefficient (Wildman–Crippen LogP) is 4.10. The van der Waals surface area contributed by atoms with E-state index in [0.717, 1.165) is 43.6 Å². The number of amides is 2. The lowest BCUT2D eigenvalue weighted by Gasteiger charge is -2.15. The van der Waals surface area contributed by atoms with Crippen LogP contribution in [0.4, 0.5) is 8.78 Å². The van der Waals surface area contributed by atoms with E-state index in [1.54, 1.807) is 12.1 Å². The van der Waals surface area contributed by atoms with E-state index in [9.17, 15) is 18.4 Å². The topological polar surface area (TPSA) is 75.4 Å². The number of hydrogen-bond acceptors (Lipinski definition) is 4. The summed E-state index contributed by atoms with van der Waals surface area (Å²) in [6.45, 7) is 1.96. The van der Waals surface area contributed by atoms with Gasteiger partial charge in [0.25, 0.3) is 5.91 Å². The Labute approximate surface area is 184 Å². The Morgan fingerprint density at radius 1 is 1.06 bits per heavy atom. The third-order valence-electron chi connectivity index (χ3n) is 5.40. The molecule has 1 aliphatic heterocycles. The van der Waals surface area contributed by atoms with E-state index in [-0.39, 0.29) is 36.0 Å². The van der Waals surface area contributed by atoms with Crippen LogP contribution in [-0.2, 0) is 17.8 Å². The van der Waals surface area contributed by atoms with Gasteiger partial charge in [0, 0.05) is 44.1 Å². The average Bonchev–Trinajstić information content (AvgIpc) is 3.49. The summed E-state index contributed by atoms with van der Waals surface area (Å²) in [5, 5.41) is 2.82. The van der Waals surface area contributed by atoms with Gasteiger partial charge < -0.3 is 14.6 Å². The highest BCUT2D eigenvalue weighted by Crippen LogP contribution is 2.24. The van der Waals surface area contributed by atoms with Crippen LogP contribution in [0.3, 0.4) is 0 Å². The standard InChI is InChI=1S/C24H23F2N3O3/c25-18-7-8-19(20(26)13-18)21-15-28-23(32-21)10-9-22(30)27-14-16-3-5-17(6-4-16)24(31)29-11-1-2-12-29/h3-8,13,15H,1-2,9-12,14H2,(H,27,30). The second kappa shape index (κ2) is 9.72. The molecule has 1 N–H and O–H groups in total. The number of halogens is 2. The van der Waals surface area contributed by atoms with E-state index in [4.69, 9.17) is 4.42 Å². The van der Waals surface area contributed by atoms with E-state index in [1.165, 1.54) is 12.3 Å². The lowest BCUT2D eigenvalue weighted by molar-refractivity contribution is -0.121. The predicted molar refractivity (Wildman–Crippen MR) is 114 cm³/mol. The van der Waals surface area contributed by atoms with E-state index >= 15 is 0 Å². The third kappa shape index (κ3) is 5.19. The Morgan fingerprint density at radius 3 is 2.53 bits per heavy atom. The van der Waals surface area contributed by atoms with Crippen molar-refractivity contribution in [2.75, 3.05) is 13.1 Å². The van der Waals surface area contributed by atoms with Crippen molar-refractivity contribution in [2.24, 2.45) is 0 Å². The van der Waals surface area contributed by atoms with Crippen molar-refractivity contribution >= 4 is 11.8 Å². The fourth-order valence-corrected chi connectivity index (χ4v) is 3.62. The maximum Gasteiger partial charge on any atom is 0.253 e. The summed E-state index contributed by atoms with van der Waals surface area (Å²) in [5.74, 6) is -1.07. The SMILES string of the molecule is O=C(CCc1ncc(-c2ccc(F)cc2F)o1)NCc1ccc(C(=O)N2CCCC2)cc1. The zero-order valence-corrected chi connectivity index (χ0v) is 17.4. The summed E-state index contributed by atoms with van der Waals surface area (Å²) in [6.07, 6.45) is 3.85. The van der Waals surface area contributed by atoms with Crippen LogP contribution in [0, 0.1) is 11.6 Å². The molecule has 1 aliphatic rings. The van der Waals surface area contributed by atoms with Gasteiger partial charge in [0.1, 0.15) is 11.6 Å². The average molecular weight is 439 g/mol. The van der Waals surface area contributed by atoms with Crippen LogP contribution in [0.1, 0.15) is 41.1 Å². The van der Waals surface area contributed by atoms with Crippen LogP contribution >= 0.6 is 0 Å². The second-order valence-electron chi connectivity index (χ2n) is 7.72. The van der Waals surface area contributed by atoms with Crippen molar-refractivity contribution in [1.82, 2.24) is 15.2 Å². The molecule has 2 aromatic carbocycles. The van der Waals surface area contributed by atoms with Gasteiger partial charge in [0.15, 0.2) is 11.7 Å². The number of hydrogen-bond donors (Lipinski definition) is 1. The van der Waals surface area contributed by atoms with Gasteiger partial charge in [-0.1, -0.05) is 12.1 Å². The summed E-state index contributed by atoms with van der Waals surface area (Å²) in [4.78, 5) is 30.5. The summed E-state index contributed by atoms with van der Waals surface area (Å²) >= 11 is 0. The van der Waals surface area contributed by atoms with Crippen LogP contribution in [-0.4, -0.2) is 34.8 Å². The van der Waals surface area contributed by atoms with Crippen LogP contribution in [0.15, 0.2) is 53.1 Å². The molecule has 3 aromatic rings. The number of nitrogens with one attached hydrogen (secondary N) is 1. The van der Waals surface area contributed by atoms with Crippen molar-refractivity contribution in [3.05, 3.63) is 77.3 Å². The van der Waals surface area contributed by atoms with Crippen molar-refractivity contribution in [2.45, 2.75) is 32.2 Å². The Kier molecular flexibility index (Phi) is 6.58. The van der Waals surface area contributed by atoms with Crippen LogP contribution in [0.5, 0.6) is 0 Å². The number of aryl methyl sites for hydroxylation is 1.